The molecule has 2 atom stereocenters. The van der Waals surface area contributed by atoms with E-state index in [0.717, 1.165) is 55.7 Å². The number of nitrogens with zero attached hydrogens (tertiary/aromatic N) is 6. The van der Waals surface area contributed by atoms with E-state index in [4.69, 9.17) is 20.4 Å². The molecule has 4 fully saturated rings. The van der Waals surface area contributed by atoms with Gasteiger partial charge in [0.1, 0.15) is 5.82 Å². The minimum atomic E-state index is 0.276. The molecule has 0 aromatic carbocycles. The van der Waals surface area contributed by atoms with E-state index in [1.807, 2.05) is 0 Å². The van der Waals surface area contributed by atoms with E-state index in [1.54, 1.807) is 12.4 Å². The SMILES string of the molecule is Nc1ncc(-c2cc(N3C[C@@H]4C[C@H]3CO4)nc(N3CCC4(CC3)CC4)n2)cn1. The number of aromatic nitrogens is 4. The number of hydrogen-bond donors (Lipinski definition) is 1. The second kappa shape index (κ2) is 6.01. The number of anilines is 3. The number of nitrogen functional groups attached to an aromatic ring is 1. The van der Waals surface area contributed by atoms with Crippen LogP contribution >= 0.6 is 0 Å². The van der Waals surface area contributed by atoms with E-state index >= 15 is 0 Å². The maximum atomic E-state index is 5.78. The number of ether oxygens (including phenoxy) is 1. The van der Waals surface area contributed by atoms with E-state index in [1.165, 1.54) is 25.7 Å². The minimum absolute atomic E-state index is 0.276. The molecule has 3 aliphatic heterocycles. The van der Waals surface area contributed by atoms with Gasteiger partial charge >= 0.3 is 0 Å². The fraction of sp³-hybridized carbons (Fsp3) is 0.600. The lowest BCUT2D eigenvalue weighted by Crippen LogP contribution is -2.39. The smallest absolute Gasteiger partial charge is 0.227 e. The summed E-state index contributed by atoms with van der Waals surface area (Å²) in [4.78, 5) is 22.9. The molecule has 6 rings (SSSR count). The monoisotopic (exact) mass is 379 g/mol. The third-order valence-corrected chi connectivity index (χ3v) is 6.93. The van der Waals surface area contributed by atoms with Crippen LogP contribution in [0.25, 0.3) is 11.3 Å². The largest absolute Gasteiger partial charge is 0.374 e. The lowest BCUT2D eigenvalue weighted by Gasteiger charge is -2.34. The van der Waals surface area contributed by atoms with Crippen LogP contribution in [0.3, 0.4) is 0 Å². The van der Waals surface area contributed by atoms with E-state index in [0.29, 0.717) is 17.6 Å². The molecule has 4 aliphatic rings. The van der Waals surface area contributed by atoms with Crippen molar-refractivity contribution >= 4 is 17.7 Å². The van der Waals surface area contributed by atoms with E-state index in [-0.39, 0.29) is 5.95 Å². The second-order valence-electron chi connectivity index (χ2n) is 8.73. The Hall–Kier alpha value is -2.48. The molecule has 5 heterocycles. The quantitative estimate of drug-likeness (QED) is 0.864. The van der Waals surface area contributed by atoms with E-state index in [9.17, 15) is 0 Å². The minimum Gasteiger partial charge on any atom is -0.374 e. The Kier molecular flexibility index (Phi) is 3.53. The van der Waals surface area contributed by atoms with E-state index in [2.05, 4.69) is 25.8 Å². The molecule has 8 heteroatoms. The first-order chi connectivity index (χ1) is 13.7. The lowest BCUT2D eigenvalue weighted by atomic mass is 9.94. The molecule has 3 saturated heterocycles. The third-order valence-electron chi connectivity index (χ3n) is 6.93. The molecule has 2 bridgehead atoms. The van der Waals surface area contributed by atoms with Crippen molar-refractivity contribution < 1.29 is 4.74 Å². The summed E-state index contributed by atoms with van der Waals surface area (Å²) in [5.41, 5.74) is 8.03. The van der Waals surface area contributed by atoms with Crippen LogP contribution in [0, 0.1) is 5.41 Å². The van der Waals surface area contributed by atoms with E-state index < -0.39 is 0 Å². The van der Waals surface area contributed by atoms with Gasteiger partial charge in [-0.15, -0.1) is 0 Å². The van der Waals surface area contributed by atoms with Gasteiger partial charge in [0.25, 0.3) is 0 Å². The van der Waals surface area contributed by atoms with Gasteiger partial charge < -0.3 is 20.3 Å². The Morgan fingerprint density at radius 3 is 2.50 bits per heavy atom. The average Bonchev–Trinajstić information content (AvgIpc) is 3.15. The van der Waals surface area contributed by atoms with Crippen LogP contribution in [0.4, 0.5) is 17.7 Å². The summed E-state index contributed by atoms with van der Waals surface area (Å²) < 4.78 is 5.78. The lowest BCUT2D eigenvalue weighted by molar-refractivity contribution is 0.0989. The van der Waals surface area contributed by atoms with Gasteiger partial charge in [-0.3, -0.25) is 0 Å². The second-order valence-corrected chi connectivity index (χ2v) is 8.73. The average molecular weight is 379 g/mol. The van der Waals surface area contributed by atoms with Crippen molar-refractivity contribution in [3.8, 4) is 11.3 Å². The molecule has 1 aliphatic carbocycles. The molecule has 0 unspecified atom stereocenters. The molecule has 146 valence electrons. The molecule has 2 N–H and O–H groups in total. The summed E-state index contributed by atoms with van der Waals surface area (Å²) in [5, 5.41) is 0. The molecule has 0 radical (unpaired) electrons. The molecule has 8 nitrogen and oxygen atoms in total. The number of rotatable bonds is 3. The van der Waals surface area contributed by atoms with Gasteiger partial charge in [0.2, 0.25) is 11.9 Å². The third kappa shape index (κ3) is 2.78. The van der Waals surface area contributed by atoms with Crippen LogP contribution in [0.2, 0.25) is 0 Å². The molecule has 2 aromatic rings. The molecular weight excluding hydrogens is 354 g/mol. The highest BCUT2D eigenvalue weighted by atomic mass is 16.5. The Labute approximate surface area is 164 Å². The first kappa shape index (κ1) is 16.5. The summed E-state index contributed by atoms with van der Waals surface area (Å²) in [6.45, 7) is 3.77. The van der Waals surface area contributed by atoms with Crippen LogP contribution in [-0.2, 0) is 4.74 Å². The first-order valence-corrected chi connectivity index (χ1v) is 10.3. The Morgan fingerprint density at radius 1 is 1.07 bits per heavy atom. The Balaban J connectivity index is 1.36. The fourth-order valence-electron chi connectivity index (χ4n) is 4.87. The van der Waals surface area contributed by atoms with Gasteiger partial charge in [0.15, 0.2) is 0 Å². The first-order valence-electron chi connectivity index (χ1n) is 10.3. The summed E-state index contributed by atoms with van der Waals surface area (Å²) in [6.07, 6.45) is 10.2. The standard InChI is InChI=1S/C20H25N7O/c21-18-22-9-13(10-23-18)16-8-17(27-11-15-7-14(27)12-28-15)25-19(24-16)26-5-3-20(1-2-20)4-6-26/h8-10,14-15H,1-7,11-12H2,(H2,21,22,23)/t14-,15-/m0/s1. The van der Waals surface area contributed by atoms with Crippen molar-refractivity contribution in [1.82, 2.24) is 19.9 Å². The van der Waals surface area contributed by atoms with Crippen molar-refractivity contribution in [2.24, 2.45) is 5.41 Å². The Bertz CT molecular complexity index is 888. The maximum Gasteiger partial charge on any atom is 0.227 e. The molecule has 1 saturated carbocycles. The zero-order valence-corrected chi connectivity index (χ0v) is 15.9. The topological polar surface area (TPSA) is 93.3 Å². The number of hydrogen-bond acceptors (Lipinski definition) is 8. The predicted octanol–water partition coefficient (Wildman–Crippen LogP) is 1.87. The fourth-order valence-corrected chi connectivity index (χ4v) is 4.87. The van der Waals surface area contributed by atoms with Crippen LogP contribution in [0.15, 0.2) is 18.5 Å². The normalized spacial score (nSPS) is 27.6. The number of nitrogens with two attached hydrogens (primary N) is 1. The predicted molar refractivity (Wildman–Crippen MR) is 106 cm³/mol. The van der Waals surface area contributed by atoms with Crippen molar-refractivity contribution in [2.75, 3.05) is 41.8 Å². The molecular formula is C20H25N7O. The summed E-state index contributed by atoms with van der Waals surface area (Å²) in [6, 6.07) is 2.48. The van der Waals surface area contributed by atoms with Crippen LogP contribution in [0.5, 0.6) is 0 Å². The van der Waals surface area contributed by atoms with Gasteiger partial charge in [-0.05, 0) is 37.5 Å². The van der Waals surface area contributed by atoms with Crippen molar-refractivity contribution in [1.29, 1.82) is 0 Å². The number of morpholine rings is 1. The van der Waals surface area contributed by atoms with Gasteiger partial charge in [0.05, 0.1) is 24.4 Å². The van der Waals surface area contributed by atoms with Gasteiger partial charge in [-0.25, -0.2) is 15.0 Å². The summed E-state index contributed by atoms with van der Waals surface area (Å²) in [7, 11) is 0. The van der Waals surface area contributed by atoms with Crippen LogP contribution in [-0.4, -0.2) is 58.3 Å². The van der Waals surface area contributed by atoms with Crippen molar-refractivity contribution in [3.63, 3.8) is 0 Å². The summed E-state index contributed by atoms with van der Waals surface area (Å²) >= 11 is 0. The van der Waals surface area contributed by atoms with Crippen molar-refractivity contribution in [2.45, 2.75) is 44.2 Å². The van der Waals surface area contributed by atoms with Crippen LogP contribution < -0.4 is 15.5 Å². The van der Waals surface area contributed by atoms with Gasteiger partial charge in [0, 0.05) is 43.7 Å². The van der Waals surface area contributed by atoms with Crippen molar-refractivity contribution in [3.05, 3.63) is 18.5 Å². The summed E-state index contributed by atoms with van der Waals surface area (Å²) in [5.74, 6) is 2.08. The maximum absolute atomic E-state index is 5.78. The molecule has 1 spiro atoms. The van der Waals surface area contributed by atoms with Crippen LogP contribution in [0.1, 0.15) is 32.1 Å². The highest BCUT2D eigenvalue weighted by Gasteiger charge is 2.45. The highest BCUT2D eigenvalue weighted by Crippen LogP contribution is 2.53. The molecule has 0 amide bonds. The van der Waals surface area contributed by atoms with Gasteiger partial charge in [-0.2, -0.15) is 4.98 Å². The number of piperidine rings is 1. The molecule has 28 heavy (non-hydrogen) atoms. The number of fused-ring (bicyclic) bond motifs is 2. The zero-order chi connectivity index (χ0) is 18.7. The highest BCUT2D eigenvalue weighted by molar-refractivity contribution is 5.64. The van der Waals surface area contributed by atoms with Gasteiger partial charge in [-0.1, -0.05) is 0 Å². The Morgan fingerprint density at radius 2 is 1.86 bits per heavy atom. The molecule has 2 aromatic heterocycles. The zero-order valence-electron chi connectivity index (χ0n) is 15.9.